The van der Waals surface area contributed by atoms with Crippen molar-refractivity contribution in [1.29, 1.82) is 0 Å². The summed E-state index contributed by atoms with van der Waals surface area (Å²) in [7, 11) is 1.34. The predicted octanol–water partition coefficient (Wildman–Crippen LogP) is 2.31. The molecule has 0 radical (unpaired) electrons. The molecule has 0 aliphatic carbocycles. The second kappa shape index (κ2) is 9.02. The van der Waals surface area contributed by atoms with E-state index in [-0.39, 0.29) is 35.5 Å². The zero-order chi connectivity index (χ0) is 20.7. The van der Waals surface area contributed by atoms with Crippen molar-refractivity contribution in [3.63, 3.8) is 0 Å². The molecule has 2 aromatic heterocycles. The molecule has 0 spiro atoms. The molecular weight excluding hydrogens is 381 g/mol. The molecule has 11 heteroatoms. The Kier molecular flexibility index (Phi) is 6.74. The van der Waals surface area contributed by atoms with E-state index in [0.29, 0.717) is 5.56 Å². The van der Waals surface area contributed by atoms with Gasteiger partial charge in [0, 0.05) is 30.8 Å². The van der Waals surface area contributed by atoms with Crippen LogP contribution in [0.1, 0.15) is 22.8 Å². The number of nitrogens with one attached hydrogen (secondary N) is 2. The van der Waals surface area contributed by atoms with Gasteiger partial charge in [0.25, 0.3) is 5.91 Å². The molecule has 2 rings (SSSR count). The number of carbonyl (C=O) groups excluding carboxylic acids is 2. The third-order valence-electron chi connectivity index (χ3n) is 3.26. The summed E-state index contributed by atoms with van der Waals surface area (Å²) in [5.41, 5.74) is 0.557. The molecule has 150 valence electrons. The van der Waals surface area contributed by atoms with Gasteiger partial charge in [0.2, 0.25) is 11.8 Å². The van der Waals surface area contributed by atoms with Gasteiger partial charge in [0.1, 0.15) is 11.6 Å². The Bertz CT molecular complexity index is 859. The molecule has 8 nitrogen and oxygen atoms in total. The lowest BCUT2D eigenvalue weighted by molar-refractivity contribution is -0.153. The van der Waals surface area contributed by atoms with E-state index in [2.05, 4.69) is 25.3 Å². The van der Waals surface area contributed by atoms with Gasteiger partial charge >= 0.3 is 6.18 Å². The largest absolute Gasteiger partial charge is 0.482 e. The van der Waals surface area contributed by atoms with Crippen LogP contribution in [0.4, 0.5) is 19.0 Å². The van der Waals surface area contributed by atoms with E-state index in [1.807, 2.05) is 0 Å². The number of ether oxygens (including phenoxy) is 2. The molecule has 0 aliphatic rings. The summed E-state index contributed by atoms with van der Waals surface area (Å²) in [5.74, 6) is -0.594. The second-order valence-electron chi connectivity index (χ2n) is 5.54. The lowest BCUT2D eigenvalue weighted by Crippen LogP contribution is -2.24. The first-order valence-corrected chi connectivity index (χ1v) is 7.92. The van der Waals surface area contributed by atoms with Crippen LogP contribution in [0.15, 0.2) is 30.6 Å². The number of methoxy groups -OCH3 is 1. The van der Waals surface area contributed by atoms with Gasteiger partial charge in [-0.3, -0.25) is 9.59 Å². The van der Waals surface area contributed by atoms with Crippen molar-refractivity contribution in [1.82, 2.24) is 15.3 Å². The van der Waals surface area contributed by atoms with E-state index in [1.54, 1.807) is 0 Å². The number of nitrogens with zero attached hydrogens (tertiary/aromatic N) is 2. The Labute approximate surface area is 158 Å². The lowest BCUT2D eigenvalue weighted by Gasteiger charge is -2.13. The van der Waals surface area contributed by atoms with Gasteiger partial charge in [0.05, 0.1) is 13.3 Å². The van der Waals surface area contributed by atoms with Crippen LogP contribution >= 0.6 is 0 Å². The van der Waals surface area contributed by atoms with Crippen molar-refractivity contribution in [2.45, 2.75) is 19.6 Å². The maximum atomic E-state index is 12.3. The summed E-state index contributed by atoms with van der Waals surface area (Å²) in [6.45, 7) is -0.229. The molecule has 0 atom stereocenters. The van der Waals surface area contributed by atoms with Crippen LogP contribution in [0.25, 0.3) is 0 Å². The Balaban J connectivity index is 2.08. The van der Waals surface area contributed by atoms with Crippen molar-refractivity contribution in [2.24, 2.45) is 0 Å². The van der Waals surface area contributed by atoms with Crippen molar-refractivity contribution >= 4 is 17.6 Å². The fraction of sp³-hybridized carbons (Fsp3) is 0.294. The first-order valence-electron chi connectivity index (χ1n) is 7.92. The molecule has 0 bridgehead atoms. The highest BCUT2D eigenvalue weighted by atomic mass is 19.4. The minimum atomic E-state index is -4.48. The number of aromatic nitrogens is 2. The highest BCUT2D eigenvalue weighted by molar-refractivity contribution is 5.96. The summed E-state index contributed by atoms with van der Waals surface area (Å²) in [6, 6.07) is 4.13. The summed E-state index contributed by atoms with van der Waals surface area (Å²) in [6.07, 6.45) is -2.03. The molecule has 2 amide bonds. The molecule has 0 saturated carbocycles. The number of alkyl halides is 3. The molecule has 0 saturated heterocycles. The zero-order valence-electron chi connectivity index (χ0n) is 15.0. The molecular formula is C17H17F3N4O4. The molecule has 0 fully saturated rings. The Morgan fingerprint density at radius 2 is 1.96 bits per heavy atom. The van der Waals surface area contributed by atoms with E-state index in [4.69, 9.17) is 4.74 Å². The summed E-state index contributed by atoms with van der Waals surface area (Å²) in [4.78, 5) is 31.2. The van der Waals surface area contributed by atoms with Crippen molar-refractivity contribution < 1.29 is 32.2 Å². The second-order valence-corrected chi connectivity index (χ2v) is 5.54. The Morgan fingerprint density at radius 1 is 1.21 bits per heavy atom. The maximum absolute atomic E-state index is 12.3. The highest BCUT2D eigenvalue weighted by Crippen LogP contribution is 2.23. The van der Waals surface area contributed by atoms with Crippen molar-refractivity contribution in [3.8, 4) is 11.6 Å². The average molecular weight is 398 g/mol. The van der Waals surface area contributed by atoms with Gasteiger partial charge in [-0.2, -0.15) is 13.2 Å². The summed E-state index contributed by atoms with van der Waals surface area (Å²) in [5, 5.41) is 5.05. The smallest absolute Gasteiger partial charge is 0.422 e. The molecule has 2 N–H and O–H groups in total. The first kappa shape index (κ1) is 20.9. The van der Waals surface area contributed by atoms with Crippen LogP contribution in [0.5, 0.6) is 11.6 Å². The zero-order valence-corrected chi connectivity index (χ0v) is 15.0. The third-order valence-corrected chi connectivity index (χ3v) is 3.26. The molecule has 0 aliphatic heterocycles. The number of amides is 2. The minimum Gasteiger partial charge on any atom is -0.482 e. The van der Waals surface area contributed by atoms with Gasteiger partial charge in [-0.05, 0) is 18.2 Å². The van der Waals surface area contributed by atoms with Crippen LogP contribution in [0.2, 0.25) is 0 Å². The van der Waals surface area contributed by atoms with Crippen LogP contribution in [-0.2, 0) is 11.3 Å². The predicted molar refractivity (Wildman–Crippen MR) is 92.0 cm³/mol. The van der Waals surface area contributed by atoms with Crippen molar-refractivity contribution in [3.05, 3.63) is 41.7 Å². The quantitative estimate of drug-likeness (QED) is 0.742. The van der Waals surface area contributed by atoms with Gasteiger partial charge in [-0.25, -0.2) is 9.97 Å². The Morgan fingerprint density at radius 3 is 2.61 bits per heavy atom. The number of carbonyl (C=O) groups is 2. The van der Waals surface area contributed by atoms with E-state index in [9.17, 15) is 22.8 Å². The Hall–Kier alpha value is -3.37. The van der Waals surface area contributed by atoms with Crippen LogP contribution in [0, 0.1) is 0 Å². The summed E-state index contributed by atoms with van der Waals surface area (Å²) < 4.78 is 46.5. The third kappa shape index (κ3) is 6.41. The number of hydrogen-bond acceptors (Lipinski definition) is 6. The molecule has 0 unspecified atom stereocenters. The van der Waals surface area contributed by atoms with Gasteiger partial charge in [-0.15, -0.1) is 0 Å². The average Bonchev–Trinajstić information content (AvgIpc) is 2.63. The molecule has 0 aromatic carbocycles. The molecule has 2 aromatic rings. The number of pyridine rings is 2. The van der Waals surface area contributed by atoms with Crippen LogP contribution in [0.3, 0.4) is 0 Å². The van der Waals surface area contributed by atoms with Crippen LogP contribution < -0.4 is 20.1 Å². The molecule has 2 heterocycles. The first-order chi connectivity index (χ1) is 13.2. The minimum absolute atomic E-state index is 0.0734. The number of halogens is 3. The fourth-order valence-corrected chi connectivity index (χ4v) is 2.13. The monoisotopic (exact) mass is 398 g/mol. The van der Waals surface area contributed by atoms with E-state index >= 15 is 0 Å². The standard InChI is InChI=1S/C17H17F3N4O4/c1-10(25)24-14-6-11(3-4-21-14)15(26)22-7-12-5-13(8-23-16(12)27-2)28-9-17(18,19)20/h3-6,8H,7,9H2,1-2H3,(H,22,26)(H,21,24,25). The van der Waals surface area contributed by atoms with Gasteiger partial charge in [0.15, 0.2) is 6.61 Å². The van der Waals surface area contributed by atoms with E-state index in [0.717, 1.165) is 6.20 Å². The normalized spacial score (nSPS) is 10.9. The van der Waals surface area contributed by atoms with Gasteiger partial charge < -0.3 is 20.1 Å². The van der Waals surface area contributed by atoms with Crippen molar-refractivity contribution in [2.75, 3.05) is 19.0 Å². The highest BCUT2D eigenvalue weighted by Gasteiger charge is 2.28. The van der Waals surface area contributed by atoms with Crippen LogP contribution in [-0.4, -0.2) is 41.7 Å². The topological polar surface area (TPSA) is 102 Å². The van der Waals surface area contributed by atoms with Gasteiger partial charge in [-0.1, -0.05) is 0 Å². The van der Waals surface area contributed by atoms with E-state index < -0.39 is 18.7 Å². The van der Waals surface area contributed by atoms with E-state index in [1.165, 1.54) is 38.4 Å². The fourth-order valence-electron chi connectivity index (χ4n) is 2.13. The molecule has 28 heavy (non-hydrogen) atoms. The number of anilines is 1. The maximum Gasteiger partial charge on any atom is 0.422 e. The summed E-state index contributed by atoms with van der Waals surface area (Å²) >= 11 is 0. The number of hydrogen-bond donors (Lipinski definition) is 2. The lowest BCUT2D eigenvalue weighted by atomic mass is 10.2. The number of rotatable bonds is 7. The SMILES string of the molecule is COc1ncc(OCC(F)(F)F)cc1CNC(=O)c1ccnc(NC(C)=O)c1.